The summed E-state index contributed by atoms with van der Waals surface area (Å²) in [7, 11) is -1.95. The molecule has 2 aromatic rings. The van der Waals surface area contributed by atoms with Crippen molar-refractivity contribution in [3.8, 4) is 0 Å². The maximum Gasteiger partial charge on any atom is 0.308 e. The second-order valence-corrected chi connectivity index (χ2v) is 8.06. The third kappa shape index (κ3) is 2.83. The molecule has 1 aliphatic rings. The molecule has 2 atom stereocenters. The molecular formula is C16H19N3O4S. The number of nitrogens with zero attached hydrogens (tertiary/aromatic N) is 3. The summed E-state index contributed by atoms with van der Waals surface area (Å²) in [5.41, 5.74) is 1.57. The average Bonchev–Trinajstić information content (AvgIpc) is 3.13. The summed E-state index contributed by atoms with van der Waals surface area (Å²) in [5.74, 6) is -2.21. The third-order valence-electron chi connectivity index (χ3n) is 4.46. The highest BCUT2D eigenvalue weighted by atomic mass is 32.2. The molecule has 8 heteroatoms. The van der Waals surface area contributed by atoms with Crippen molar-refractivity contribution in [2.75, 3.05) is 13.1 Å². The van der Waals surface area contributed by atoms with Crippen LogP contribution in [-0.4, -0.2) is 46.4 Å². The molecule has 7 nitrogen and oxygen atoms in total. The summed E-state index contributed by atoms with van der Waals surface area (Å²) in [4.78, 5) is 15.8. The molecule has 24 heavy (non-hydrogen) atoms. The Morgan fingerprint density at radius 2 is 2.08 bits per heavy atom. The number of rotatable bonds is 4. The summed E-state index contributed by atoms with van der Waals surface area (Å²) in [6, 6.07) is 6.64. The number of aliphatic carboxylic acids is 1. The van der Waals surface area contributed by atoms with Gasteiger partial charge < -0.3 is 9.67 Å². The average molecular weight is 349 g/mol. The number of aromatic nitrogens is 2. The third-order valence-corrected chi connectivity index (χ3v) is 6.29. The van der Waals surface area contributed by atoms with Crippen molar-refractivity contribution in [2.45, 2.75) is 17.7 Å². The molecule has 1 aromatic heterocycles. The molecule has 1 aliphatic heterocycles. The van der Waals surface area contributed by atoms with Crippen LogP contribution in [0.3, 0.4) is 0 Å². The zero-order valence-electron chi connectivity index (χ0n) is 13.5. The highest BCUT2D eigenvalue weighted by molar-refractivity contribution is 7.89. The van der Waals surface area contributed by atoms with E-state index in [-0.39, 0.29) is 18.0 Å². The molecule has 0 radical (unpaired) electrons. The first-order valence-electron chi connectivity index (χ1n) is 7.56. The number of carbonyl (C=O) groups is 1. The molecule has 0 unspecified atom stereocenters. The highest BCUT2D eigenvalue weighted by Crippen LogP contribution is 2.35. The Hall–Kier alpha value is -2.19. The van der Waals surface area contributed by atoms with E-state index in [0.29, 0.717) is 0 Å². The second-order valence-electron chi connectivity index (χ2n) is 6.12. The van der Waals surface area contributed by atoms with Crippen LogP contribution in [0.2, 0.25) is 0 Å². The number of carboxylic acid groups (broad SMARTS) is 1. The lowest BCUT2D eigenvalue weighted by Crippen LogP contribution is -2.30. The lowest BCUT2D eigenvalue weighted by atomic mass is 9.93. The largest absolute Gasteiger partial charge is 0.481 e. The summed E-state index contributed by atoms with van der Waals surface area (Å²) in [6.07, 6.45) is 3.19. The Balaban J connectivity index is 1.96. The van der Waals surface area contributed by atoms with Crippen molar-refractivity contribution in [2.24, 2.45) is 13.0 Å². The summed E-state index contributed by atoms with van der Waals surface area (Å²) in [6.45, 7) is 1.91. The Morgan fingerprint density at radius 3 is 2.67 bits per heavy atom. The van der Waals surface area contributed by atoms with Crippen LogP contribution < -0.4 is 0 Å². The molecule has 1 fully saturated rings. The molecule has 0 aliphatic carbocycles. The minimum absolute atomic E-state index is 0.0402. The normalized spacial score (nSPS) is 21.9. The molecule has 128 valence electrons. The van der Waals surface area contributed by atoms with Crippen LogP contribution in [0, 0.1) is 12.8 Å². The fourth-order valence-electron chi connectivity index (χ4n) is 3.16. The van der Waals surface area contributed by atoms with E-state index in [1.807, 2.05) is 13.0 Å². The van der Waals surface area contributed by atoms with Crippen LogP contribution >= 0.6 is 0 Å². The molecular weight excluding hydrogens is 330 g/mol. The van der Waals surface area contributed by atoms with Gasteiger partial charge in [-0.05, 0) is 24.6 Å². The lowest BCUT2D eigenvalue weighted by Gasteiger charge is -2.17. The first-order valence-corrected chi connectivity index (χ1v) is 9.00. The molecule has 0 bridgehead atoms. The fourth-order valence-corrected chi connectivity index (χ4v) is 4.76. The van der Waals surface area contributed by atoms with Crippen LogP contribution in [0.15, 0.2) is 41.7 Å². The van der Waals surface area contributed by atoms with Gasteiger partial charge in [0, 0.05) is 37.9 Å². The molecule has 1 N–H and O–H groups in total. The Kier molecular flexibility index (Phi) is 4.18. The number of hydrogen-bond donors (Lipinski definition) is 1. The van der Waals surface area contributed by atoms with Crippen LogP contribution in [0.4, 0.5) is 0 Å². The van der Waals surface area contributed by atoms with Gasteiger partial charge in [-0.3, -0.25) is 4.79 Å². The van der Waals surface area contributed by atoms with Crippen LogP contribution in [0.5, 0.6) is 0 Å². The lowest BCUT2D eigenvalue weighted by molar-refractivity contribution is -0.141. The molecule has 1 aromatic carbocycles. The van der Waals surface area contributed by atoms with Crippen molar-refractivity contribution in [3.63, 3.8) is 0 Å². The first-order chi connectivity index (χ1) is 11.3. The molecule has 0 saturated carbocycles. The van der Waals surface area contributed by atoms with Gasteiger partial charge in [0.05, 0.1) is 17.1 Å². The number of carboxylic acids is 1. The van der Waals surface area contributed by atoms with E-state index < -0.39 is 27.8 Å². The summed E-state index contributed by atoms with van der Waals surface area (Å²) in [5, 5.41) is 9.52. The molecule has 2 heterocycles. The predicted octanol–water partition coefficient (Wildman–Crippen LogP) is 1.22. The minimum Gasteiger partial charge on any atom is -0.481 e. The van der Waals surface area contributed by atoms with E-state index in [0.717, 1.165) is 11.3 Å². The SMILES string of the molecule is Cc1cccc(S(=O)(=O)N2C[C@H](C(=O)O)[C@@H](c3cncn3C)C2)c1. The van der Waals surface area contributed by atoms with E-state index >= 15 is 0 Å². The van der Waals surface area contributed by atoms with Crippen molar-refractivity contribution in [1.29, 1.82) is 0 Å². The molecule has 0 amide bonds. The Bertz CT molecular complexity index is 875. The zero-order valence-corrected chi connectivity index (χ0v) is 14.3. The minimum atomic E-state index is -3.72. The number of hydrogen-bond acceptors (Lipinski definition) is 4. The van der Waals surface area contributed by atoms with Gasteiger partial charge in [0.15, 0.2) is 0 Å². The predicted molar refractivity (Wildman–Crippen MR) is 87.0 cm³/mol. The van der Waals surface area contributed by atoms with Gasteiger partial charge >= 0.3 is 5.97 Å². The van der Waals surface area contributed by atoms with Gasteiger partial charge in [0.1, 0.15) is 0 Å². The van der Waals surface area contributed by atoms with Gasteiger partial charge in [-0.15, -0.1) is 0 Å². The van der Waals surface area contributed by atoms with E-state index in [1.54, 1.807) is 36.3 Å². The van der Waals surface area contributed by atoms with Crippen molar-refractivity contribution < 1.29 is 18.3 Å². The number of benzene rings is 1. The molecule has 1 saturated heterocycles. The number of imidazole rings is 1. The number of sulfonamides is 1. The van der Waals surface area contributed by atoms with Gasteiger partial charge in [0.25, 0.3) is 0 Å². The van der Waals surface area contributed by atoms with Gasteiger partial charge in [0.2, 0.25) is 10.0 Å². The summed E-state index contributed by atoms with van der Waals surface area (Å²) < 4.78 is 28.7. The van der Waals surface area contributed by atoms with Gasteiger partial charge in [-0.25, -0.2) is 13.4 Å². The van der Waals surface area contributed by atoms with Crippen LogP contribution in [0.25, 0.3) is 0 Å². The first kappa shape index (κ1) is 16.7. The van der Waals surface area contributed by atoms with Crippen LogP contribution in [0.1, 0.15) is 17.2 Å². The second kappa shape index (κ2) is 6.03. The van der Waals surface area contributed by atoms with Crippen molar-refractivity contribution in [3.05, 3.63) is 48.0 Å². The van der Waals surface area contributed by atoms with E-state index in [9.17, 15) is 18.3 Å². The van der Waals surface area contributed by atoms with Crippen molar-refractivity contribution >= 4 is 16.0 Å². The number of aryl methyl sites for hydroxylation is 2. The monoisotopic (exact) mass is 349 g/mol. The van der Waals surface area contributed by atoms with Crippen molar-refractivity contribution in [1.82, 2.24) is 13.9 Å². The topological polar surface area (TPSA) is 92.5 Å². The smallest absolute Gasteiger partial charge is 0.308 e. The van der Waals surface area contributed by atoms with Gasteiger partial charge in [-0.1, -0.05) is 12.1 Å². The van der Waals surface area contributed by atoms with E-state index in [2.05, 4.69) is 4.98 Å². The zero-order chi connectivity index (χ0) is 17.5. The quantitative estimate of drug-likeness (QED) is 0.896. The van der Waals surface area contributed by atoms with E-state index in [1.165, 1.54) is 10.4 Å². The Labute approximate surface area is 140 Å². The Morgan fingerprint density at radius 1 is 1.33 bits per heavy atom. The standard InChI is InChI=1S/C16H19N3O4S/c1-11-4-3-5-12(6-11)24(22,23)19-8-13(14(9-19)16(20)21)15-7-17-10-18(15)2/h3-7,10,13-14H,8-9H2,1-2H3,(H,20,21)/t13-,14-/m0/s1. The molecule has 0 spiro atoms. The maximum atomic E-state index is 12.9. The van der Waals surface area contributed by atoms with Gasteiger partial charge in [-0.2, -0.15) is 4.31 Å². The summed E-state index contributed by atoms with van der Waals surface area (Å²) >= 11 is 0. The van der Waals surface area contributed by atoms with Crippen LogP contribution in [-0.2, 0) is 21.9 Å². The molecule has 3 rings (SSSR count). The maximum absolute atomic E-state index is 12.9. The van der Waals surface area contributed by atoms with E-state index in [4.69, 9.17) is 0 Å². The fraction of sp³-hybridized carbons (Fsp3) is 0.375. The highest BCUT2D eigenvalue weighted by Gasteiger charge is 2.44.